The summed E-state index contributed by atoms with van der Waals surface area (Å²) in [6, 6.07) is 8.60. The fraction of sp³-hybridized carbons (Fsp3) is 0.364. The van der Waals surface area contributed by atoms with Crippen LogP contribution in [0.4, 0.5) is 13.2 Å². The molecule has 0 aliphatic carbocycles. The van der Waals surface area contributed by atoms with Crippen molar-refractivity contribution in [3.8, 4) is 17.0 Å². The molecular formula is C22H24F3N3O5S. The van der Waals surface area contributed by atoms with Gasteiger partial charge in [0, 0.05) is 10.5 Å². The first-order valence-corrected chi connectivity index (χ1v) is 11.1. The van der Waals surface area contributed by atoms with Crippen molar-refractivity contribution in [1.29, 1.82) is 0 Å². The Morgan fingerprint density at radius 1 is 1.12 bits per heavy atom. The van der Waals surface area contributed by atoms with Crippen LogP contribution in [0.2, 0.25) is 0 Å². The van der Waals surface area contributed by atoms with Gasteiger partial charge < -0.3 is 24.8 Å². The Hall–Kier alpha value is -2.64. The molecule has 1 heterocycles. The second kappa shape index (κ2) is 11.7. The predicted octanol–water partition coefficient (Wildman–Crippen LogP) is 2.61. The quantitative estimate of drug-likeness (QED) is 0.210. The van der Waals surface area contributed by atoms with Gasteiger partial charge >= 0.3 is 0 Å². The van der Waals surface area contributed by atoms with E-state index in [9.17, 15) is 28.5 Å². The molecule has 3 rings (SSSR count). The van der Waals surface area contributed by atoms with Gasteiger partial charge in [0.05, 0.1) is 32.6 Å². The molecule has 0 spiro atoms. The molecule has 3 N–H and O–H groups in total. The maximum absolute atomic E-state index is 13.6. The predicted molar refractivity (Wildman–Crippen MR) is 118 cm³/mol. The second-order valence-electron chi connectivity index (χ2n) is 7.41. The van der Waals surface area contributed by atoms with Crippen LogP contribution in [0.1, 0.15) is 6.92 Å². The van der Waals surface area contributed by atoms with E-state index < -0.39 is 47.8 Å². The minimum atomic E-state index is -1.59. The SMILES string of the molecule is COc1cccc(SC(OC(CO)[C@@H](C)O)[C@@H](O)Cn2cc(-c3cc(F)c(F)c(F)c3)nn2)c1. The number of rotatable bonds is 11. The number of nitrogens with zero attached hydrogens (tertiary/aromatic N) is 3. The molecule has 12 heteroatoms. The van der Waals surface area contributed by atoms with Gasteiger partial charge in [-0.15, -0.1) is 5.10 Å². The number of halogens is 3. The van der Waals surface area contributed by atoms with E-state index in [0.717, 1.165) is 23.9 Å². The second-order valence-corrected chi connectivity index (χ2v) is 8.58. The molecular weight excluding hydrogens is 475 g/mol. The van der Waals surface area contributed by atoms with Gasteiger partial charge in [-0.25, -0.2) is 17.9 Å². The van der Waals surface area contributed by atoms with Crippen LogP contribution in [0, 0.1) is 17.5 Å². The molecule has 34 heavy (non-hydrogen) atoms. The first-order valence-electron chi connectivity index (χ1n) is 10.2. The zero-order chi connectivity index (χ0) is 24.8. The van der Waals surface area contributed by atoms with E-state index in [1.54, 1.807) is 24.3 Å². The Morgan fingerprint density at radius 3 is 2.44 bits per heavy atom. The summed E-state index contributed by atoms with van der Waals surface area (Å²) in [5.74, 6) is -3.72. The normalized spacial score (nSPS) is 15.1. The van der Waals surface area contributed by atoms with Gasteiger partial charge in [0.25, 0.3) is 0 Å². The molecule has 0 radical (unpaired) electrons. The van der Waals surface area contributed by atoms with Gasteiger partial charge in [0.2, 0.25) is 0 Å². The number of methoxy groups -OCH3 is 1. The van der Waals surface area contributed by atoms with Gasteiger partial charge in [0.1, 0.15) is 29.1 Å². The average Bonchev–Trinajstić information content (AvgIpc) is 3.28. The summed E-state index contributed by atoms with van der Waals surface area (Å²) in [6.45, 7) is 0.832. The Balaban J connectivity index is 1.80. The van der Waals surface area contributed by atoms with E-state index in [0.29, 0.717) is 10.6 Å². The van der Waals surface area contributed by atoms with Gasteiger partial charge in [0.15, 0.2) is 17.5 Å². The fourth-order valence-electron chi connectivity index (χ4n) is 2.99. The highest BCUT2D eigenvalue weighted by atomic mass is 32.2. The molecule has 0 bridgehead atoms. The van der Waals surface area contributed by atoms with Gasteiger partial charge in [-0.1, -0.05) is 23.0 Å². The van der Waals surface area contributed by atoms with Crippen LogP contribution in [0.25, 0.3) is 11.3 Å². The van der Waals surface area contributed by atoms with Crippen molar-refractivity contribution in [2.75, 3.05) is 13.7 Å². The van der Waals surface area contributed by atoms with Crippen LogP contribution in [0.3, 0.4) is 0 Å². The molecule has 0 aliphatic heterocycles. The Labute approximate surface area is 197 Å². The van der Waals surface area contributed by atoms with Crippen molar-refractivity contribution in [2.45, 2.75) is 42.1 Å². The standard InChI is InChI=1S/C22H24F3N3O5S/c1-12(30)20(11-29)33-22(34-15-5-3-4-14(8-15)32-2)19(31)10-28-9-18(26-27-28)13-6-16(23)21(25)17(24)7-13/h3-9,12,19-20,22,29-31H,10-11H2,1-2H3/t12-,19+,20?,22?/m1/s1. The van der Waals surface area contributed by atoms with E-state index in [4.69, 9.17) is 9.47 Å². The highest BCUT2D eigenvalue weighted by molar-refractivity contribution is 7.99. The van der Waals surface area contributed by atoms with Gasteiger partial charge in [-0.3, -0.25) is 0 Å². The topological polar surface area (TPSA) is 110 Å². The number of benzene rings is 2. The lowest BCUT2D eigenvalue weighted by molar-refractivity contribution is -0.0972. The van der Waals surface area contributed by atoms with Crippen molar-refractivity contribution in [1.82, 2.24) is 15.0 Å². The third-order valence-corrected chi connectivity index (χ3v) is 6.01. The van der Waals surface area contributed by atoms with E-state index in [2.05, 4.69) is 10.3 Å². The van der Waals surface area contributed by atoms with Crippen molar-refractivity contribution < 1.29 is 38.0 Å². The molecule has 8 nitrogen and oxygen atoms in total. The molecule has 0 aliphatic rings. The summed E-state index contributed by atoms with van der Waals surface area (Å²) < 4.78 is 52.5. The summed E-state index contributed by atoms with van der Waals surface area (Å²) in [5, 5.41) is 38.0. The first-order chi connectivity index (χ1) is 16.2. The third-order valence-electron chi connectivity index (χ3n) is 4.83. The number of aromatic nitrogens is 3. The molecule has 0 saturated heterocycles. The smallest absolute Gasteiger partial charge is 0.194 e. The van der Waals surface area contributed by atoms with E-state index in [1.807, 2.05) is 0 Å². The van der Waals surface area contributed by atoms with Gasteiger partial charge in [-0.05, 0) is 37.3 Å². The van der Waals surface area contributed by atoms with Crippen LogP contribution in [0.15, 0.2) is 47.5 Å². The Morgan fingerprint density at radius 2 is 1.82 bits per heavy atom. The highest BCUT2D eigenvalue weighted by Gasteiger charge is 2.28. The monoisotopic (exact) mass is 499 g/mol. The Kier molecular flexibility index (Phi) is 8.91. The van der Waals surface area contributed by atoms with Crippen molar-refractivity contribution in [3.05, 3.63) is 60.0 Å². The lowest BCUT2D eigenvalue weighted by Crippen LogP contribution is -2.39. The average molecular weight is 500 g/mol. The van der Waals surface area contributed by atoms with Gasteiger partial charge in [-0.2, -0.15) is 0 Å². The van der Waals surface area contributed by atoms with Crippen LogP contribution < -0.4 is 4.74 Å². The summed E-state index contributed by atoms with van der Waals surface area (Å²) in [6.07, 6.45) is -1.85. The summed E-state index contributed by atoms with van der Waals surface area (Å²) in [7, 11) is 1.52. The van der Waals surface area contributed by atoms with Crippen molar-refractivity contribution in [2.24, 2.45) is 0 Å². The molecule has 3 aromatic rings. The number of aliphatic hydroxyl groups excluding tert-OH is 3. The van der Waals surface area contributed by atoms with Crippen LogP contribution in [-0.4, -0.2) is 67.8 Å². The first kappa shape index (κ1) is 26.0. The molecule has 0 amide bonds. The minimum Gasteiger partial charge on any atom is -0.497 e. The molecule has 4 atom stereocenters. The minimum absolute atomic E-state index is 0.0230. The van der Waals surface area contributed by atoms with Crippen LogP contribution in [-0.2, 0) is 11.3 Å². The maximum atomic E-state index is 13.6. The van der Waals surface area contributed by atoms with E-state index in [-0.39, 0.29) is 17.8 Å². The molecule has 0 saturated carbocycles. The van der Waals surface area contributed by atoms with E-state index in [1.165, 1.54) is 24.9 Å². The Bertz CT molecular complexity index is 1080. The summed E-state index contributed by atoms with van der Waals surface area (Å²) in [5.41, 5.74) is -0.905. The van der Waals surface area contributed by atoms with Crippen LogP contribution in [0.5, 0.6) is 5.75 Å². The lowest BCUT2D eigenvalue weighted by Gasteiger charge is -2.28. The number of thioether (sulfide) groups is 1. The lowest BCUT2D eigenvalue weighted by atomic mass is 10.1. The maximum Gasteiger partial charge on any atom is 0.194 e. The largest absolute Gasteiger partial charge is 0.497 e. The molecule has 0 fully saturated rings. The molecule has 2 unspecified atom stereocenters. The molecule has 1 aromatic heterocycles. The number of ether oxygens (including phenoxy) is 2. The van der Waals surface area contributed by atoms with Crippen molar-refractivity contribution in [3.63, 3.8) is 0 Å². The summed E-state index contributed by atoms with van der Waals surface area (Å²) in [4.78, 5) is 0.697. The molecule has 184 valence electrons. The zero-order valence-electron chi connectivity index (χ0n) is 18.3. The number of hydrogen-bond acceptors (Lipinski definition) is 8. The summed E-state index contributed by atoms with van der Waals surface area (Å²) >= 11 is 1.14. The number of hydrogen-bond donors (Lipinski definition) is 3. The van der Waals surface area contributed by atoms with Crippen LogP contribution >= 0.6 is 11.8 Å². The van der Waals surface area contributed by atoms with Crippen molar-refractivity contribution >= 4 is 11.8 Å². The van der Waals surface area contributed by atoms with E-state index >= 15 is 0 Å². The molecule has 2 aromatic carbocycles. The number of aliphatic hydroxyl groups is 3. The fourth-order valence-corrected chi connectivity index (χ4v) is 4.04. The third kappa shape index (κ3) is 6.48. The zero-order valence-corrected chi connectivity index (χ0v) is 19.1. The highest BCUT2D eigenvalue weighted by Crippen LogP contribution is 2.31.